The summed E-state index contributed by atoms with van der Waals surface area (Å²) in [5.74, 6) is -2.15. The van der Waals surface area contributed by atoms with E-state index in [1.807, 2.05) is 0 Å². The molecule has 1 atom stereocenters. The van der Waals surface area contributed by atoms with Crippen LogP contribution in [0.5, 0.6) is 0 Å². The zero-order chi connectivity index (χ0) is 18.2. The van der Waals surface area contributed by atoms with Crippen LogP contribution in [0.15, 0.2) is 54.6 Å². The zero-order valence-corrected chi connectivity index (χ0v) is 14.0. The van der Waals surface area contributed by atoms with Crippen molar-refractivity contribution in [3.05, 3.63) is 70.7 Å². The largest absolute Gasteiger partial charge is 0.480 e. The Kier molecular flexibility index (Phi) is 6.54. The van der Waals surface area contributed by atoms with Gasteiger partial charge >= 0.3 is 5.97 Å². The first-order chi connectivity index (χ1) is 12.0. The summed E-state index contributed by atoms with van der Waals surface area (Å²) in [6, 6.07) is 14.1. The van der Waals surface area contributed by atoms with Crippen molar-refractivity contribution in [2.45, 2.75) is 12.5 Å². The van der Waals surface area contributed by atoms with Crippen LogP contribution in [0, 0.1) is 0 Å². The third-order valence-electron chi connectivity index (χ3n) is 3.41. The molecule has 2 aromatic carbocycles. The number of hydrogen-bond donors (Lipinski definition) is 3. The van der Waals surface area contributed by atoms with Crippen LogP contribution >= 0.6 is 11.6 Å². The predicted molar refractivity (Wildman–Crippen MR) is 93.5 cm³/mol. The van der Waals surface area contributed by atoms with Gasteiger partial charge in [0.2, 0.25) is 5.91 Å². The predicted octanol–water partition coefficient (Wildman–Crippen LogP) is 1.88. The molecule has 3 N–H and O–H groups in total. The highest BCUT2D eigenvalue weighted by Crippen LogP contribution is 2.12. The second-order valence-corrected chi connectivity index (χ2v) is 5.78. The number of rotatable bonds is 7. The molecule has 0 bridgehead atoms. The van der Waals surface area contributed by atoms with Gasteiger partial charge in [-0.1, -0.05) is 41.9 Å². The third-order valence-corrected chi connectivity index (χ3v) is 3.64. The number of carboxylic acids is 1. The van der Waals surface area contributed by atoms with E-state index in [2.05, 4.69) is 10.6 Å². The molecular formula is C18H17ClN2O4. The average molecular weight is 361 g/mol. The molecular weight excluding hydrogens is 344 g/mol. The highest BCUT2D eigenvalue weighted by atomic mass is 35.5. The molecule has 0 spiro atoms. The van der Waals surface area contributed by atoms with E-state index in [0.717, 1.165) is 0 Å². The highest BCUT2D eigenvalue weighted by molar-refractivity contribution is 6.30. The van der Waals surface area contributed by atoms with Crippen molar-refractivity contribution in [1.29, 1.82) is 0 Å². The van der Waals surface area contributed by atoms with E-state index in [4.69, 9.17) is 11.6 Å². The highest BCUT2D eigenvalue weighted by Gasteiger charge is 2.20. The number of halogens is 1. The maximum atomic E-state index is 11.9. The Morgan fingerprint density at radius 3 is 2.40 bits per heavy atom. The molecule has 0 unspecified atom stereocenters. The Morgan fingerprint density at radius 2 is 1.76 bits per heavy atom. The summed E-state index contributed by atoms with van der Waals surface area (Å²) in [5.41, 5.74) is 1.11. The summed E-state index contributed by atoms with van der Waals surface area (Å²) in [4.78, 5) is 35.2. The average Bonchev–Trinajstić information content (AvgIpc) is 2.60. The Balaban J connectivity index is 1.89. The molecule has 130 valence electrons. The van der Waals surface area contributed by atoms with Crippen LogP contribution in [0.25, 0.3) is 0 Å². The van der Waals surface area contributed by atoms with Gasteiger partial charge < -0.3 is 15.7 Å². The van der Waals surface area contributed by atoms with Gasteiger partial charge in [-0.15, -0.1) is 0 Å². The maximum absolute atomic E-state index is 11.9. The van der Waals surface area contributed by atoms with Gasteiger partial charge in [0, 0.05) is 17.0 Å². The number of carboxylic acid groups (broad SMARTS) is 1. The quantitative estimate of drug-likeness (QED) is 0.702. The first kappa shape index (κ1) is 18.5. The van der Waals surface area contributed by atoms with E-state index in [1.54, 1.807) is 54.6 Å². The molecule has 0 heterocycles. The molecule has 7 heteroatoms. The molecule has 2 amide bonds. The number of amides is 2. The van der Waals surface area contributed by atoms with Crippen molar-refractivity contribution in [2.24, 2.45) is 0 Å². The van der Waals surface area contributed by atoms with Crippen LogP contribution in [-0.2, 0) is 16.0 Å². The lowest BCUT2D eigenvalue weighted by Gasteiger charge is -2.15. The van der Waals surface area contributed by atoms with Gasteiger partial charge in [0.15, 0.2) is 0 Å². The first-order valence-corrected chi connectivity index (χ1v) is 7.93. The zero-order valence-electron chi connectivity index (χ0n) is 13.2. The molecule has 6 nitrogen and oxygen atoms in total. The number of nitrogens with one attached hydrogen (secondary N) is 2. The lowest BCUT2D eigenvalue weighted by molar-refractivity contribution is -0.141. The van der Waals surface area contributed by atoms with Gasteiger partial charge in [0.05, 0.1) is 6.54 Å². The molecule has 0 aliphatic heterocycles. The Morgan fingerprint density at radius 1 is 1.04 bits per heavy atom. The topological polar surface area (TPSA) is 95.5 Å². The van der Waals surface area contributed by atoms with Crippen LogP contribution in [-0.4, -0.2) is 35.5 Å². The number of hydrogen-bond acceptors (Lipinski definition) is 3. The van der Waals surface area contributed by atoms with E-state index >= 15 is 0 Å². The van der Waals surface area contributed by atoms with Crippen LogP contribution in [0.4, 0.5) is 0 Å². The van der Waals surface area contributed by atoms with Crippen molar-refractivity contribution < 1.29 is 19.5 Å². The number of benzene rings is 2. The van der Waals surface area contributed by atoms with Gasteiger partial charge in [-0.05, 0) is 29.8 Å². The summed E-state index contributed by atoms with van der Waals surface area (Å²) in [6.45, 7) is -0.312. The van der Waals surface area contributed by atoms with Crippen molar-refractivity contribution in [3.8, 4) is 0 Å². The standard InChI is InChI=1S/C18H17ClN2O4/c19-14-8-4-5-12(9-14)10-15(18(24)25)21-16(22)11-20-17(23)13-6-2-1-3-7-13/h1-9,15H,10-11H2,(H,20,23)(H,21,22)(H,24,25)/t15-/m0/s1. The second-order valence-electron chi connectivity index (χ2n) is 5.34. The maximum Gasteiger partial charge on any atom is 0.326 e. The van der Waals surface area contributed by atoms with Crippen molar-refractivity contribution in [3.63, 3.8) is 0 Å². The number of aliphatic carboxylic acids is 1. The van der Waals surface area contributed by atoms with E-state index in [1.165, 1.54) is 0 Å². The van der Waals surface area contributed by atoms with Crippen molar-refractivity contribution in [1.82, 2.24) is 10.6 Å². The molecule has 2 rings (SSSR count). The molecule has 25 heavy (non-hydrogen) atoms. The summed E-state index contributed by atoms with van der Waals surface area (Å²) in [7, 11) is 0. The molecule has 0 aliphatic carbocycles. The minimum absolute atomic E-state index is 0.0915. The van der Waals surface area contributed by atoms with Crippen LogP contribution < -0.4 is 10.6 Å². The SMILES string of the molecule is O=C(CNC(=O)c1ccccc1)N[C@@H](Cc1cccc(Cl)c1)C(=O)O. The van der Waals surface area contributed by atoms with Crippen LogP contribution in [0.2, 0.25) is 5.02 Å². The first-order valence-electron chi connectivity index (χ1n) is 7.55. The summed E-state index contributed by atoms with van der Waals surface area (Å²) in [6.07, 6.45) is 0.0915. The van der Waals surface area contributed by atoms with Gasteiger partial charge in [-0.3, -0.25) is 9.59 Å². The fraction of sp³-hybridized carbons (Fsp3) is 0.167. The molecule has 0 aromatic heterocycles. The second kappa shape index (κ2) is 8.84. The van der Waals surface area contributed by atoms with Gasteiger partial charge in [0.1, 0.15) is 6.04 Å². The van der Waals surface area contributed by atoms with Crippen LogP contribution in [0.3, 0.4) is 0 Å². The van der Waals surface area contributed by atoms with Crippen molar-refractivity contribution in [2.75, 3.05) is 6.54 Å². The van der Waals surface area contributed by atoms with Gasteiger partial charge in [0.25, 0.3) is 5.91 Å². The Hall–Kier alpha value is -2.86. The van der Waals surface area contributed by atoms with Gasteiger partial charge in [-0.2, -0.15) is 0 Å². The third kappa shape index (κ3) is 5.93. The summed E-state index contributed by atoms with van der Waals surface area (Å²) < 4.78 is 0. The fourth-order valence-electron chi connectivity index (χ4n) is 2.20. The molecule has 2 aromatic rings. The molecule has 0 radical (unpaired) electrons. The lowest BCUT2D eigenvalue weighted by Crippen LogP contribution is -2.46. The number of carbonyl (C=O) groups excluding carboxylic acids is 2. The fourth-order valence-corrected chi connectivity index (χ4v) is 2.41. The van der Waals surface area contributed by atoms with E-state index < -0.39 is 23.8 Å². The van der Waals surface area contributed by atoms with Crippen molar-refractivity contribution >= 4 is 29.4 Å². The monoisotopic (exact) mass is 360 g/mol. The summed E-state index contributed by atoms with van der Waals surface area (Å²) >= 11 is 5.87. The Bertz CT molecular complexity index is 765. The van der Waals surface area contributed by atoms with E-state index in [0.29, 0.717) is 16.1 Å². The summed E-state index contributed by atoms with van der Waals surface area (Å²) in [5, 5.41) is 14.6. The van der Waals surface area contributed by atoms with E-state index in [9.17, 15) is 19.5 Å². The van der Waals surface area contributed by atoms with Crippen LogP contribution in [0.1, 0.15) is 15.9 Å². The Labute approximate surface area is 149 Å². The van der Waals surface area contributed by atoms with E-state index in [-0.39, 0.29) is 13.0 Å². The van der Waals surface area contributed by atoms with Gasteiger partial charge in [-0.25, -0.2) is 4.79 Å². The molecule has 0 saturated carbocycles. The normalized spacial score (nSPS) is 11.4. The number of carbonyl (C=O) groups is 3. The minimum Gasteiger partial charge on any atom is -0.480 e. The lowest BCUT2D eigenvalue weighted by atomic mass is 10.1. The molecule has 0 aliphatic rings. The smallest absolute Gasteiger partial charge is 0.326 e. The molecule has 0 saturated heterocycles. The molecule has 0 fully saturated rings. The minimum atomic E-state index is -1.16.